The van der Waals surface area contributed by atoms with Crippen LogP contribution in [0.2, 0.25) is 0 Å². The van der Waals surface area contributed by atoms with Crippen molar-refractivity contribution in [1.82, 2.24) is 5.32 Å². The van der Waals surface area contributed by atoms with Crippen molar-refractivity contribution in [2.75, 3.05) is 17.8 Å². The van der Waals surface area contributed by atoms with Crippen LogP contribution in [0.4, 0.5) is 0 Å². The lowest BCUT2D eigenvalue weighted by atomic mass is 10.1. The van der Waals surface area contributed by atoms with Crippen LogP contribution < -0.4 is 9.50 Å². The summed E-state index contributed by atoms with van der Waals surface area (Å²) in [6, 6.07) is 3.59. The first-order chi connectivity index (χ1) is 10.7. The predicted molar refractivity (Wildman–Crippen MR) is 88.8 cm³/mol. The predicted octanol–water partition coefficient (Wildman–Crippen LogP) is 1.59. The van der Waals surface area contributed by atoms with Crippen molar-refractivity contribution >= 4 is 33.8 Å². The number of rotatable bonds is 8. The SMILES string of the molecule is CCS(=O)(=O)Oc1cccc(C(=O)O)c1C(=O)NC(C)CSC. The second kappa shape index (κ2) is 8.21. The Labute approximate surface area is 139 Å². The maximum Gasteiger partial charge on any atom is 0.336 e. The largest absolute Gasteiger partial charge is 0.478 e. The fourth-order valence-electron chi connectivity index (χ4n) is 1.80. The van der Waals surface area contributed by atoms with Gasteiger partial charge in [-0.1, -0.05) is 6.07 Å². The number of carboxylic acid groups (broad SMARTS) is 1. The van der Waals surface area contributed by atoms with Crippen molar-refractivity contribution in [1.29, 1.82) is 0 Å². The van der Waals surface area contributed by atoms with Crippen LogP contribution in [0.15, 0.2) is 18.2 Å². The van der Waals surface area contributed by atoms with Crippen molar-refractivity contribution in [3.8, 4) is 5.75 Å². The number of hydrogen-bond donors (Lipinski definition) is 2. The Kier molecular flexibility index (Phi) is 6.89. The van der Waals surface area contributed by atoms with Crippen LogP contribution in [0.25, 0.3) is 0 Å². The molecule has 0 bridgehead atoms. The quantitative estimate of drug-likeness (QED) is 0.677. The van der Waals surface area contributed by atoms with Gasteiger partial charge < -0.3 is 14.6 Å². The molecule has 7 nitrogen and oxygen atoms in total. The van der Waals surface area contributed by atoms with E-state index in [2.05, 4.69) is 5.32 Å². The smallest absolute Gasteiger partial charge is 0.336 e. The molecule has 1 unspecified atom stereocenters. The Morgan fingerprint density at radius 3 is 2.57 bits per heavy atom. The van der Waals surface area contributed by atoms with Gasteiger partial charge in [0, 0.05) is 11.8 Å². The maximum atomic E-state index is 12.4. The molecule has 0 spiro atoms. The minimum Gasteiger partial charge on any atom is -0.478 e. The number of hydrogen-bond acceptors (Lipinski definition) is 6. The molecule has 0 radical (unpaired) electrons. The summed E-state index contributed by atoms with van der Waals surface area (Å²) in [6.45, 7) is 3.15. The second-order valence-corrected chi connectivity index (χ2v) is 7.51. The lowest BCUT2D eigenvalue weighted by molar-refractivity contribution is 0.0690. The van der Waals surface area contributed by atoms with Crippen LogP contribution in [0.5, 0.6) is 5.75 Å². The molecule has 0 aliphatic heterocycles. The van der Waals surface area contributed by atoms with Gasteiger partial charge in [0.1, 0.15) is 0 Å². The average molecular weight is 361 g/mol. The molecule has 1 rings (SSSR count). The number of carbonyl (C=O) groups excluding carboxylic acids is 1. The lowest BCUT2D eigenvalue weighted by Crippen LogP contribution is -2.35. The van der Waals surface area contributed by atoms with E-state index in [1.54, 1.807) is 6.92 Å². The van der Waals surface area contributed by atoms with Gasteiger partial charge in [-0.2, -0.15) is 20.2 Å². The Hall–Kier alpha value is -1.74. The number of amides is 1. The first-order valence-corrected chi connectivity index (χ1v) is 9.77. The number of aromatic carboxylic acids is 1. The van der Waals surface area contributed by atoms with Gasteiger partial charge >= 0.3 is 16.1 Å². The molecule has 1 amide bonds. The first kappa shape index (κ1) is 19.3. The zero-order valence-corrected chi connectivity index (χ0v) is 14.7. The minimum absolute atomic E-state index is 0.213. The molecule has 1 aromatic carbocycles. The lowest BCUT2D eigenvalue weighted by Gasteiger charge is -2.16. The molecule has 1 atom stereocenters. The number of carbonyl (C=O) groups is 2. The van der Waals surface area contributed by atoms with Crippen LogP contribution in [0, 0.1) is 0 Å². The molecule has 9 heteroatoms. The van der Waals surface area contributed by atoms with Gasteiger partial charge in [-0.25, -0.2) is 4.79 Å². The van der Waals surface area contributed by atoms with Gasteiger partial charge in [-0.05, 0) is 32.2 Å². The summed E-state index contributed by atoms with van der Waals surface area (Å²) in [6.07, 6.45) is 1.87. The zero-order valence-electron chi connectivity index (χ0n) is 13.0. The third-order valence-electron chi connectivity index (χ3n) is 2.85. The average Bonchev–Trinajstić information content (AvgIpc) is 2.46. The Bertz CT molecular complexity index is 687. The van der Waals surface area contributed by atoms with Gasteiger partial charge in [0.2, 0.25) is 0 Å². The van der Waals surface area contributed by atoms with Crippen LogP contribution in [0.1, 0.15) is 34.6 Å². The highest BCUT2D eigenvalue weighted by Gasteiger charge is 2.25. The summed E-state index contributed by atoms with van der Waals surface area (Å²) in [7, 11) is -3.89. The summed E-state index contributed by atoms with van der Waals surface area (Å²) < 4.78 is 28.2. The van der Waals surface area contributed by atoms with Gasteiger partial charge in [0.15, 0.2) is 5.75 Å². The molecule has 0 saturated heterocycles. The normalized spacial score (nSPS) is 12.5. The topological polar surface area (TPSA) is 110 Å². The molecule has 0 saturated carbocycles. The number of nitrogens with one attached hydrogen (secondary N) is 1. The molecule has 0 aliphatic rings. The van der Waals surface area contributed by atoms with Crippen molar-refractivity contribution in [3.05, 3.63) is 29.3 Å². The van der Waals surface area contributed by atoms with Crippen molar-refractivity contribution in [2.24, 2.45) is 0 Å². The van der Waals surface area contributed by atoms with Crippen LogP contribution in [-0.2, 0) is 10.1 Å². The minimum atomic E-state index is -3.89. The third kappa shape index (κ3) is 5.43. The Morgan fingerprint density at radius 2 is 2.04 bits per heavy atom. The monoisotopic (exact) mass is 361 g/mol. The molecule has 2 N–H and O–H groups in total. The zero-order chi connectivity index (χ0) is 17.6. The maximum absolute atomic E-state index is 12.4. The standard InChI is InChI=1S/C14H19NO6S2/c1-4-23(19,20)21-11-7-5-6-10(14(17)18)12(11)13(16)15-9(2)8-22-3/h5-7,9H,4,8H2,1-3H3,(H,15,16)(H,17,18). The molecule has 1 aromatic rings. The summed E-state index contributed by atoms with van der Waals surface area (Å²) >= 11 is 1.52. The van der Waals surface area contributed by atoms with E-state index in [-0.39, 0.29) is 28.7 Å². The van der Waals surface area contributed by atoms with Crippen molar-refractivity contribution < 1.29 is 27.3 Å². The van der Waals surface area contributed by atoms with Gasteiger partial charge in [0.25, 0.3) is 5.91 Å². The number of benzene rings is 1. The van der Waals surface area contributed by atoms with Gasteiger partial charge in [-0.3, -0.25) is 4.79 Å². The molecule has 128 valence electrons. The Balaban J connectivity index is 3.30. The third-order valence-corrected chi connectivity index (χ3v) is 4.82. The first-order valence-electron chi connectivity index (χ1n) is 6.80. The van der Waals surface area contributed by atoms with Crippen LogP contribution in [-0.4, -0.2) is 49.2 Å². The highest BCUT2D eigenvalue weighted by Crippen LogP contribution is 2.24. The van der Waals surface area contributed by atoms with E-state index in [9.17, 15) is 23.1 Å². The Morgan fingerprint density at radius 1 is 1.39 bits per heavy atom. The molecular formula is C14H19NO6S2. The fourth-order valence-corrected chi connectivity index (χ4v) is 2.91. The van der Waals surface area contributed by atoms with Gasteiger partial charge in [0.05, 0.1) is 16.9 Å². The molecule has 0 aliphatic carbocycles. The van der Waals surface area contributed by atoms with Crippen molar-refractivity contribution in [3.63, 3.8) is 0 Å². The summed E-state index contributed by atoms with van der Waals surface area (Å²) in [5.41, 5.74) is -0.618. The summed E-state index contributed by atoms with van der Waals surface area (Å²) in [5.74, 6) is -1.99. The summed E-state index contributed by atoms with van der Waals surface area (Å²) in [4.78, 5) is 23.7. The van der Waals surface area contributed by atoms with E-state index in [0.717, 1.165) is 0 Å². The van der Waals surface area contributed by atoms with Crippen LogP contribution in [0.3, 0.4) is 0 Å². The molecule has 23 heavy (non-hydrogen) atoms. The highest BCUT2D eigenvalue weighted by atomic mass is 32.2. The number of carboxylic acids is 1. The number of thioether (sulfide) groups is 1. The highest BCUT2D eigenvalue weighted by molar-refractivity contribution is 7.98. The summed E-state index contributed by atoms with van der Waals surface area (Å²) in [5, 5.41) is 11.9. The van der Waals surface area contributed by atoms with E-state index in [0.29, 0.717) is 5.75 Å². The molecule has 0 heterocycles. The molecule has 0 aromatic heterocycles. The van der Waals surface area contributed by atoms with E-state index in [4.69, 9.17) is 4.18 Å². The van der Waals surface area contributed by atoms with Gasteiger partial charge in [-0.15, -0.1) is 0 Å². The molecular weight excluding hydrogens is 342 g/mol. The second-order valence-electron chi connectivity index (χ2n) is 4.74. The molecule has 0 fully saturated rings. The van der Waals surface area contributed by atoms with E-state index < -0.39 is 22.0 Å². The van der Waals surface area contributed by atoms with Crippen molar-refractivity contribution in [2.45, 2.75) is 19.9 Å². The van der Waals surface area contributed by atoms with E-state index in [1.165, 1.54) is 36.9 Å². The van der Waals surface area contributed by atoms with E-state index in [1.807, 2.05) is 6.26 Å². The fraction of sp³-hybridized carbons (Fsp3) is 0.429. The van der Waals surface area contributed by atoms with Crippen LogP contribution >= 0.6 is 11.8 Å². The van der Waals surface area contributed by atoms with E-state index >= 15 is 0 Å².